The molecule has 0 aliphatic carbocycles. The van der Waals surface area contributed by atoms with Crippen LogP contribution in [0.5, 0.6) is 5.88 Å². The molecule has 1 saturated heterocycles. The minimum absolute atomic E-state index is 0.00300. The van der Waals surface area contributed by atoms with Crippen LogP contribution in [-0.2, 0) is 0 Å². The van der Waals surface area contributed by atoms with Gasteiger partial charge < -0.3 is 19.9 Å². The van der Waals surface area contributed by atoms with E-state index >= 15 is 0 Å². The van der Waals surface area contributed by atoms with Crippen LogP contribution >= 0.6 is 0 Å². The van der Waals surface area contributed by atoms with Gasteiger partial charge in [0.05, 0.1) is 18.3 Å². The van der Waals surface area contributed by atoms with Gasteiger partial charge in [0, 0.05) is 23.4 Å². The number of imidazole rings is 1. The minimum atomic E-state index is -0.302. The molecule has 2 atom stereocenters. The van der Waals surface area contributed by atoms with Crippen molar-refractivity contribution in [2.45, 2.75) is 52.3 Å². The zero-order valence-electron chi connectivity index (χ0n) is 18.9. The first-order valence-electron chi connectivity index (χ1n) is 10.9. The third kappa shape index (κ3) is 4.17. The number of carbonyl (C=O) groups is 1. The van der Waals surface area contributed by atoms with Gasteiger partial charge in [0.25, 0.3) is 5.91 Å². The number of aromatic nitrogens is 5. The number of benzene rings is 1. The first kappa shape index (κ1) is 21.1. The molecule has 0 bridgehead atoms. The number of carbonyl (C=O) groups excluding carboxylic acids is 1. The molecule has 3 aromatic heterocycles. The number of nitrogens with one attached hydrogen (secondary N) is 2. The van der Waals surface area contributed by atoms with Crippen LogP contribution in [-0.4, -0.2) is 42.6 Å². The Labute approximate surface area is 190 Å². The summed E-state index contributed by atoms with van der Waals surface area (Å²) in [5.41, 5.74) is 3.26. The van der Waals surface area contributed by atoms with Crippen LogP contribution in [0.25, 0.3) is 17.0 Å². The Morgan fingerprint density at radius 1 is 1.30 bits per heavy atom. The molecule has 10 heteroatoms. The van der Waals surface area contributed by atoms with Gasteiger partial charge in [-0.1, -0.05) is 17.3 Å². The van der Waals surface area contributed by atoms with E-state index in [1.54, 1.807) is 10.5 Å². The molecule has 2 N–H and O–H groups in total. The second-order valence-corrected chi connectivity index (χ2v) is 8.56. The number of hydrogen-bond acceptors (Lipinski definition) is 8. The van der Waals surface area contributed by atoms with Crippen molar-refractivity contribution in [2.75, 3.05) is 5.32 Å². The lowest BCUT2D eigenvalue weighted by Gasteiger charge is -2.31. The van der Waals surface area contributed by atoms with Crippen molar-refractivity contribution in [1.29, 1.82) is 0 Å². The van der Waals surface area contributed by atoms with Gasteiger partial charge in [-0.15, -0.1) is 0 Å². The highest BCUT2D eigenvalue weighted by molar-refractivity contribution is 6.04. The van der Waals surface area contributed by atoms with Crippen LogP contribution in [0.1, 0.15) is 55.2 Å². The van der Waals surface area contributed by atoms with E-state index in [2.05, 4.69) is 37.7 Å². The van der Waals surface area contributed by atoms with E-state index in [9.17, 15) is 4.79 Å². The first-order chi connectivity index (χ1) is 15.9. The quantitative estimate of drug-likeness (QED) is 0.461. The van der Waals surface area contributed by atoms with Crippen molar-refractivity contribution in [3.8, 4) is 17.3 Å². The van der Waals surface area contributed by atoms with Gasteiger partial charge in [-0.25, -0.2) is 9.97 Å². The number of amides is 1. The Morgan fingerprint density at radius 2 is 2.12 bits per heavy atom. The Kier molecular flexibility index (Phi) is 5.29. The van der Waals surface area contributed by atoms with E-state index in [4.69, 9.17) is 9.26 Å². The first-order valence-corrected chi connectivity index (χ1v) is 10.9. The van der Waals surface area contributed by atoms with E-state index in [0.29, 0.717) is 40.7 Å². The lowest BCUT2D eigenvalue weighted by molar-refractivity contribution is 0.102. The van der Waals surface area contributed by atoms with Gasteiger partial charge in [-0.3, -0.25) is 9.20 Å². The van der Waals surface area contributed by atoms with Gasteiger partial charge in [-0.2, -0.15) is 4.98 Å². The van der Waals surface area contributed by atoms with E-state index in [0.717, 1.165) is 17.5 Å². The molecule has 0 spiro atoms. The lowest BCUT2D eigenvalue weighted by Crippen LogP contribution is -2.43. The Balaban J connectivity index is 1.36. The molecule has 4 heterocycles. The van der Waals surface area contributed by atoms with Crippen molar-refractivity contribution in [3.05, 3.63) is 53.9 Å². The summed E-state index contributed by atoms with van der Waals surface area (Å²) >= 11 is 0. The second kappa shape index (κ2) is 8.28. The van der Waals surface area contributed by atoms with Gasteiger partial charge in [0.1, 0.15) is 17.7 Å². The standard InChI is InChI=1S/C23H25N7O3/c1-12(2)32-20-9-19-24-10-18(30(19)11-25-20)22(31)27-16-8-15(6-5-13(16)3)21-28-23(33-29-21)17-7-14(4)26-17/h5-6,8-12,14,17,26H,7H2,1-4H3,(H,27,31)/t14-,17?/m0/s1. The maximum Gasteiger partial charge on any atom is 0.274 e. The van der Waals surface area contributed by atoms with Crippen LogP contribution in [0.2, 0.25) is 0 Å². The van der Waals surface area contributed by atoms with E-state index in [1.165, 1.54) is 12.5 Å². The average molecular weight is 447 g/mol. The zero-order valence-corrected chi connectivity index (χ0v) is 18.9. The molecular weight excluding hydrogens is 422 g/mol. The number of ether oxygens (including phenoxy) is 1. The minimum Gasteiger partial charge on any atom is -0.475 e. The molecule has 1 aliphatic heterocycles. The van der Waals surface area contributed by atoms with Crippen LogP contribution < -0.4 is 15.4 Å². The molecule has 10 nitrogen and oxygen atoms in total. The van der Waals surface area contributed by atoms with Gasteiger partial charge in [0.15, 0.2) is 0 Å². The smallest absolute Gasteiger partial charge is 0.274 e. The Bertz CT molecular complexity index is 1320. The summed E-state index contributed by atoms with van der Waals surface area (Å²) in [6.07, 6.45) is 4.02. The van der Waals surface area contributed by atoms with Gasteiger partial charge >= 0.3 is 0 Å². The summed E-state index contributed by atoms with van der Waals surface area (Å²) in [4.78, 5) is 26.1. The molecule has 0 saturated carbocycles. The van der Waals surface area contributed by atoms with Crippen LogP contribution in [0.3, 0.4) is 0 Å². The third-order valence-corrected chi connectivity index (χ3v) is 5.53. The van der Waals surface area contributed by atoms with Crippen LogP contribution in [0, 0.1) is 6.92 Å². The van der Waals surface area contributed by atoms with E-state index < -0.39 is 0 Å². The Hall–Kier alpha value is -3.79. The number of aryl methyl sites for hydroxylation is 1. The fraction of sp³-hybridized carbons (Fsp3) is 0.348. The number of rotatable bonds is 6. The summed E-state index contributed by atoms with van der Waals surface area (Å²) in [6.45, 7) is 7.88. The van der Waals surface area contributed by atoms with Crippen LogP contribution in [0.4, 0.5) is 5.69 Å². The van der Waals surface area contributed by atoms with Gasteiger partial charge in [-0.05, 0) is 45.7 Å². The predicted octanol–water partition coefficient (Wildman–Crippen LogP) is 3.55. The lowest BCUT2D eigenvalue weighted by atomic mass is 9.99. The number of anilines is 1. The summed E-state index contributed by atoms with van der Waals surface area (Å²) in [5, 5.41) is 10.4. The molecule has 1 aromatic carbocycles. The van der Waals surface area contributed by atoms with Crippen LogP contribution in [0.15, 0.2) is 41.3 Å². The fourth-order valence-corrected chi connectivity index (χ4v) is 3.76. The normalized spacial score (nSPS) is 17.8. The highest BCUT2D eigenvalue weighted by Crippen LogP contribution is 2.29. The summed E-state index contributed by atoms with van der Waals surface area (Å²) in [6, 6.07) is 7.92. The molecule has 170 valence electrons. The van der Waals surface area contributed by atoms with Gasteiger partial charge in [0.2, 0.25) is 17.6 Å². The Morgan fingerprint density at radius 3 is 2.88 bits per heavy atom. The summed E-state index contributed by atoms with van der Waals surface area (Å²) in [5.74, 6) is 1.22. The largest absolute Gasteiger partial charge is 0.475 e. The molecule has 4 aromatic rings. The molecule has 5 rings (SSSR count). The molecule has 1 aliphatic rings. The molecule has 0 radical (unpaired) electrons. The zero-order chi connectivity index (χ0) is 23.1. The SMILES string of the molecule is Cc1ccc(-c2noc(C3C[C@H](C)N3)n2)cc1NC(=O)c1cnc2cc(OC(C)C)ncn12. The van der Waals surface area contributed by atoms with E-state index in [-0.39, 0.29) is 18.1 Å². The van der Waals surface area contributed by atoms with Crippen molar-refractivity contribution >= 4 is 17.2 Å². The maximum atomic E-state index is 13.0. The molecular formula is C23H25N7O3. The average Bonchev–Trinajstić information content (AvgIpc) is 3.39. The predicted molar refractivity (Wildman–Crippen MR) is 121 cm³/mol. The number of nitrogens with zero attached hydrogens (tertiary/aromatic N) is 5. The molecule has 1 fully saturated rings. The van der Waals surface area contributed by atoms with Crippen molar-refractivity contribution in [2.24, 2.45) is 0 Å². The third-order valence-electron chi connectivity index (χ3n) is 5.53. The van der Waals surface area contributed by atoms with Crippen molar-refractivity contribution in [1.82, 2.24) is 29.8 Å². The van der Waals surface area contributed by atoms with Crippen molar-refractivity contribution in [3.63, 3.8) is 0 Å². The number of hydrogen-bond donors (Lipinski definition) is 2. The summed E-state index contributed by atoms with van der Waals surface area (Å²) < 4.78 is 12.7. The second-order valence-electron chi connectivity index (χ2n) is 8.56. The topological polar surface area (TPSA) is 119 Å². The number of fused-ring (bicyclic) bond motifs is 1. The monoisotopic (exact) mass is 447 g/mol. The highest BCUT2D eigenvalue weighted by Gasteiger charge is 2.30. The molecule has 1 amide bonds. The van der Waals surface area contributed by atoms with Crippen molar-refractivity contribution < 1.29 is 14.1 Å². The molecule has 1 unspecified atom stereocenters. The maximum absolute atomic E-state index is 13.0. The fourth-order valence-electron chi connectivity index (χ4n) is 3.76. The summed E-state index contributed by atoms with van der Waals surface area (Å²) in [7, 11) is 0. The highest BCUT2D eigenvalue weighted by atomic mass is 16.5. The molecule has 33 heavy (non-hydrogen) atoms. The van der Waals surface area contributed by atoms with E-state index in [1.807, 2.05) is 39.0 Å².